The highest BCUT2D eigenvalue weighted by Gasteiger charge is 2.39. The molecule has 2 saturated heterocycles. The highest BCUT2D eigenvalue weighted by Crippen LogP contribution is 2.32. The van der Waals surface area contributed by atoms with Gasteiger partial charge in [-0.25, -0.2) is 15.1 Å². The van der Waals surface area contributed by atoms with Gasteiger partial charge < -0.3 is 20.4 Å². The Labute approximate surface area is 212 Å². The standard InChI is InChI=1S/C22H26F6N8O2/c1-12(33-16-11-32-34-18(37)17(16)22(26,27)28)8-29-15-4-7-36(19(15)38)14-2-5-35(6-3-14)20-30-9-13(10-31-20)21(23,24)25/h9-12,14-15,29H,2-8H2,1H3,(H2,33,34,37)/t12-,15+/m0/s1. The van der Waals surface area contributed by atoms with Crippen LogP contribution >= 0.6 is 0 Å². The molecule has 0 unspecified atom stereocenters. The van der Waals surface area contributed by atoms with Crippen LogP contribution in [0.15, 0.2) is 23.4 Å². The van der Waals surface area contributed by atoms with E-state index in [1.807, 2.05) is 0 Å². The molecule has 0 saturated carbocycles. The number of amides is 1. The van der Waals surface area contributed by atoms with Gasteiger partial charge in [0.2, 0.25) is 11.9 Å². The van der Waals surface area contributed by atoms with Gasteiger partial charge in [0.1, 0.15) is 5.56 Å². The molecule has 0 spiro atoms. The molecule has 16 heteroatoms. The lowest BCUT2D eigenvalue weighted by Crippen LogP contribution is -2.49. The van der Waals surface area contributed by atoms with Crippen molar-refractivity contribution in [1.29, 1.82) is 0 Å². The third-order valence-corrected chi connectivity index (χ3v) is 6.61. The Bertz CT molecular complexity index is 1180. The number of aromatic nitrogens is 4. The molecule has 2 atom stereocenters. The van der Waals surface area contributed by atoms with Crippen molar-refractivity contribution in [2.75, 3.05) is 36.4 Å². The lowest BCUT2D eigenvalue weighted by atomic mass is 10.0. The second-order valence-electron chi connectivity index (χ2n) is 9.30. The van der Waals surface area contributed by atoms with E-state index in [4.69, 9.17) is 0 Å². The van der Waals surface area contributed by atoms with E-state index in [-0.39, 0.29) is 24.4 Å². The first-order valence-corrected chi connectivity index (χ1v) is 11.9. The fourth-order valence-electron chi connectivity index (χ4n) is 4.69. The number of aromatic amines is 1. The quantitative estimate of drug-likeness (QED) is 0.451. The molecule has 2 aliphatic heterocycles. The highest BCUT2D eigenvalue weighted by atomic mass is 19.4. The second-order valence-corrected chi connectivity index (χ2v) is 9.30. The zero-order valence-electron chi connectivity index (χ0n) is 20.2. The SMILES string of the molecule is C[C@@H](CN[C@@H]1CCN(C2CCN(c3ncc(C(F)(F)F)cn3)CC2)C1=O)Nc1cn[nH]c(=O)c1C(F)(F)F. The van der Waals surface area contributed by atoms with Gasteiger partial charge in [-0.15, -0.1) is 0 Å². The summed E-state index contributed by atoms with van der Waals surface area (Å²) in [5.41, 5.74) is -4.08. The lowest BCUT2D eigenvalue weighted by molar-refractivity contribution is -0.139. The molecule has 1 amide bonds. The number of rotatable bonds is 7. The van der Waals surface area contributed by atoms with E-state index >= 15 is 0 Å². The maximum absolute atomic E-state index is 13.2. The first kappa shape index (κ1) is 27.6. The Balaban J connectivity index is 1.27. The number of carbonyl (C=O) groups excluding carboxylic acids is 1. The average Bonchev–Trinajstić information content (AvgIpc) is 3.21. The van der Waals surface area contributed by atoms with Crippen LogP contribution in [0.4, 0.5) is 38.0 Å². The van der Waals surface area contributed by atoms with Crippen molar-refractivity contribution in [3.05, 3.63) is 40.1 Å². The number of anilines is 2. The van der Waals surface area contributed by atoms with Gasteiger partial charge in [0.25, 0.3) is 5.56 Å². The zero-order chi connectivity index (χ0) is 27.7. The Morgan fingerprint density at radius 3 is 2.26 bits per heavy atom. The molecule has 2 aromatic heterocycles. The zero-order valence-corrected chi connectivity index (χ0v) is 20.2. The maximum atomic E-state index is 13.2. The Hall–Kier alpha value is -3.43. The molecule has 3 N–H and O–H groups in total. The summed E-state index contributed by atoms with van der Waals surface area (Å²) in [6, 6.07) is -1.10. The fourth-order valence-corrected chi connectivity index (χ4v) is 4.69. The summed E-state index contributed by atoms with van der Waals surface area (Å²) in [4.78, 5) is 35.8. The molecule has 38 heavy (non-hydrogen) atoms. The number of alkyl halides is 6. The van der Waals surface area contributed by atoms with Gasteiger partial charge in [0, 0.05) is 50.7 Å². The minimum atomic E-state index is -4.86. The van der Waals surface area contributed by atoms with Gasteiger partial charge in [0.05, 0.1) is 23.5 Å². The molecular formula is C22H26F6N8O2. The Morgan fingerprint density at radius 1 is 1.00 bits per heavy atom. The maximum Gasteiger partial charge on any atom is 0.423 e. The topological polar surface area (TPSA) is 119 Å². The minimum Gasteiger partial charge on any atom is -0.379 e. The van der Waals surface area contributed by atoms with Crippen molar-refractivity contribution in [3.8, 4) is 0 Å². The molecule has 208 valence electrons. The molecule has 2 aliphatic rings. The summed E-state index contributed by atoms with van der Waals surface area (Å²) in [6.45, 7) is 3.24. The van der Waals surface area contributed by atoms with Gasteiger partial charge in [-0.05, 0) is 26.2 Å². The smallest absolute Gasteiger partial charge is 0.379 e. The molecule has 0 radical (unpaired) electrons. The minimum absolute atomic E-state index is 0.0491. The van der Waals surface area contributed by atoms with E-state index < -0.39 is 46.8 Å². The molecule has 2 fully saturated rings. The molecule has 2 aromatic rings. The number of carbonyl (C=O) groups is 1. The Kier molecular flexibility index (Phi) is 7.80. The summed E-state index contributed by atoms with van der Waals surface area (Å²) in [7, 11) is 0. The number of hydrogen-bond acceptors (Lipinski definition) is 8. The van der Waals surface area contributed by atoms with Crippen molar-refractivity contribution < 1.29 is 31.1 Å². The number of piperidine rings is 1. The van der Waals surface area contributed by atoms with Gasteiger partial charge in [0.15, 0.2) is 0 Å². The third-order valence-electron chi connectivity index (χ3n) is 6.61. The first-order chi connectivity index (χ1) is 17.8. The molecule has 10 nitrogen and oxygen atoms in total. The van der Waals surface area contributed by atoms with Crippen molar-refractivity contribution in [1.82, 2.24) is 30.4 Å². The van der Waals surface area contributed by atoms with Crippen molar-refractivity contribution >= 4 is 17.5 Å². The van der Waals surface area contributed by atoms with Gasteiger partial charge in [-0.2, -0.15) is 31.4 Å². The van der Waals surface area contributed by atoms with E-state index in [9.17, 15) is 35.9 Å². The summed E-state index contributed by atoms with van der Waals surface area (Å²) in [5.74, 6) is 0.0877. The number of likely N-dealkylation sites (tertiary alicyclic amines) is 1. The van der Waals surface area contributed by atoms with Crippen molar-refractivity contribution in [2.45, 2.75) is 56.7 Å². The van der Waals surface area contributed by atoms with Crippen LogP contribution in [0.5, 0.6) is 0 Å². The van der Waals surface area contributed by atoms with Crippen molar-refractivity contribution in [2.24, 2.45) is 0 Å². The molecule has 0 aromatic carbocycles. The normalized spacial score (nSPS) is 20.2. The number of halogens is 6. The predicted molar refractivity (Wildman–Crippen MR) is 123 cm³/mol. The van der Waals surface area contributed by atoms with Crippen LogP contribution in [0.1, 0.15) is 37.3 Å². The van der Waals surface area contributed by atoms with Crippen LogP contribution < -0.4 is 21.1 Å². The van der Waals surface area contributed by atoms with Crippen LogP contribution in [0.2, 0.25) is 0 Å². The molecule has 0 bridgehead atoms. The molecular weight excluding hydrogens is 522 g/mol. The molecule has 0 aliphatic carbocycles. The Morgan fingerprint density at radius 2 is 1.66 bits per heavy atom. The summed E-state index contributed by atoms with van der Waals surface area (Å²) < 4.78 is 77.9. The summed E-state index contributed by atoms with van der Waals surface area (Å²) in [6.07, 6.45) is -5.26. The van der Waals surface area contributed by atoms with Gasteiger partial charge in [-0.3, -0.25) is 9.59 Å². The van der Waals surface area contributed by atoms with Gasteiger partial charge in [-0.1, -0.05) is 0 Å². The van der Waals surface area contributed by atoms with E-state index in [2.05, 4.69) is 25.7 Å². The van der Waals surface area contributed by atoms with Crippen LogP contribution in [0.25, 0.3) is 0 Å². The van der Waals surface area contributed by atoms with Crippen LogP contribution in [-0.2, 0) is 17.1 Å². The number of H-pyrrole nitrogens is 1. The van der Waals surface area contributed by atoms with E-state index in [0.29, 0.717) is 38.9 Å². The van der Waals surface area contributed by atoms with Gasteiger partial charge >= 0.3 is 12.4 Å². The summed E-state index contributed by atoms with van der Waals surface area (Å²) >= 11 is 0. The highest BCUT2D eigenvalue weighted by molar-refractivity contribution is 5.84. The molecule has 4 rings (SSSR count). The number of hydrogen-bond donors (Lipinski definition) is 3. The largest absolute Gasteiger partial charge is 0.423 e. The number of nitrogens with zero attached hydrogens (tertiary/aromatic N) is 5. The van der Waals surface area contributed by atoms with Crippen molar-refractivity contribution in [3.63, 3.8) is 0 Å². The third kappa shape index (κ3) is 6.16. The second kappa shape index (κ2) is 10.7. The van der Waals surface area contributed by atoms with E-state index in [0.717, 1.165) is 18.6 Å². The van der Waals surface area contributed by atoms with Crippen LogP contribution in [0.3, 0.4) is 0 Å². The van der Waals surface area contributed by atoms with Crippen LogP contribution in [0, 0.1) is 0 Å². The lowest BCUT2D eigenvalue weighted by Gasteiger charge is -2.36. The monoisotopic (exact) mass is 548 g/mol. The first-order valence-electron chi connectivity index (χ1n) is 11.9. The fraction of sp³-hybridized carbons (Fsp3) is 0.591. The summed E-state index contributed by atoms with van der Waals surface area (Å²) in [5, 5.41) is 10.9. The molecule has 4 heterocycles. The predicted octanol–water partition coefficient (Wildman–Crippen LogP) is 2.26. The average molecular weight is 548 g/mol. The van der Waals surface area contributed by atoms with E-state index in [1.165, 1.54) is 0 Å². The van der Waals surface area contributed by atoms with E-state index in [1.54, 1.807) is 21.8 Å². The number of nitrogens with one attached hydrogen (secondary N) is 3. The van der Waals surface area contributed by atoms with Crippen LogP contribution in [-0.4, -0.2) is 75.3 Å².